The summed E-state index contributed by atoms with van der Waals surface area (Å²) in [5.41, 5.74) is 5.21. The van der Waals surface area contributed by atoms with Crippen LogP contribution in [-0.4, -0.2) is 24.7 Å². The molecule has 0 saturated carbocycles. The highest BCUT2D eigenvalue weighted by molar-refractivity contribution is 5.70. The Morgan fingerprint density at radius 3 is 2.50 bits per heavy atom. The van der Waals surface area contributed by atoms with Gasteiger partial charge in [0.15, 0.2) is 0 Å². The largest absolute Gasteiger partial charge is 0.268 e. The summed E-state index contributed by atoms with van der Waals surface area (Å²) in [6, 6.07) is 14.2. The van der Waals surface area contributed by atoms with Gasteiger partial charge in [0.05, 0.1) is 12.2 Å². The summed E-state index contributed by atoms with van der Waals surface area (Å²) >= 11 is 0. The lowest BCUT2D eigenvalue weighted by Gasteiger charge is -2.04. The summed E-state index contributed by atoms with van der Waals surface area (Å²) in [6.07, 6.45) is 10.8. The number of rotatable bonds is 4. The Balaban J connectivity index is 1.61. The number of nitrogens with zero attached hydrogens (tertiary/aromatic N) is 5. The second-order valence-electron chi connectivity index (χ2n) is 5.47. The lowest BCUT2D eigenvalue weighted by atomic mass is 10.0. The molecule has 0 fully saturated rings. The lowest BCUT2D eigenvalue weighted by Crippen LogP contribution is -2.00. The van der Waals surface area contributed by atoms with Crippen LogP contribution in [0, 0.1) is 0 Å². The Labute approximate surface area is 139 Å². The third kappa shape index (κ3) is 3.05. The molecule has 0 saturated heterocycles. The summed E-state index contributed by atoms with van der Waals surface area (Å²) in [4.78, 5) is 12.3. The lowest BCUT2D eigenvalue weighted by molar-refractivity contribution is 0.687. The van der Waals surface area contributed by atoms with E-state index in [9.17, 15) is 0 Å². The molecule has 0 amide bonds. The Kier molecular flexibility index (Phi) is 3.81. The Morgan fingerprint density at radius 1 is 0.792 bits per heavy atom. The van der Waals surface area contributed by atoms with Gasteiger partial charge in [-0.1, -0.05) is 24.3 Å². The number of hydrogen-bond donors (Lipinski definition) is 0. The van der Waals surface area contributed by atoms with Crippen molar-refractivity contribution in [1.29, 1.82) is 0 Å². The van der Waals surface area contributed by atoms with Crippen LogP contribution < -0.4 is 0 Å². The van der Waals surface area contributed by atoms with Crippen LogP contribution in [0.1, 0.15) is 5.56 Å². The van der Waals surface area contributed by atoms with Crippen molar-refractivity contribution in [3.8, 4) is 22.4 Å². The predicted molar refractivity (Wildman–Crippen MR) is 92.0 cm³/mol. The van der Waals surface area contributed by atoms with Crippen molar-refractivity contribution in [2.24, 2.45) is 0 Å². The van der Waals surface area contributed by atoms with Gasteiger partial charge in [-0.2, -0.15) is 5.10 Å². The average Bonchev–Trinajstić information content (AvgIpc) is 3.12. The maximum Gasteiger partial charge on any atom is 0.115 e. The normalized spacial score (nSPS) is 10.7. The Hall–Kier alpha value is -3.34. The first-order valence-electron chi connectivity index (χ1n) is 7.67. The minimum atomic E-state index is 0.708. The van der Waals surface area contributed by atoms with Gasteiger partial charge >= 0.3 is 0 Å². The molecule has 24 heavy (non-hydrogen) atoms. The highest BCUT2D eigenvalue weighted by atomic mass is 15.3. The first-order chi connectivity index (χ1) is 11.9. The zero-order chi connectivity index (χ0) is 16.2. The molecule has 4 aromatic rings. The van der Waals surface area contributed by atoms with Gasteiger partial charge in [0.25, 0.3) is 0 Å². The fraction of sp³-hybridized carbons (Fsp3) is 0.0526. The van der Waals surface area contributed by atoms with Gasteiger partial charge in [0.2, 0.25) is 0 Å². The van der Waals surface area contributed by atoms with Crippen molar-refractivity contribution in [2.45, 2.75) is 6.54 Å². The van der Waals surface area contributed by atoms with Crippen LogP contribution in [-0.2, 0) is 6.54 Å². The van der Waals surface area contributed by atoms with E-state index in [1.807, 2.05) is 53.7 Å². The van der Waals surface area contributed by atoms with Crippen LogP contribution in [0.2, 0.25) is 0 Å². The van der Waals surface area contributed by atoms with E-state index in [0.29, 0.717) is 6.54 Å². The van der Waals surface area contributed by atoms with E-state index in [4.69, 9.17) is 0 Å². The highest BCUT2D eigenvalue weighted by Gasteiger charge is 2.05. The van der Waals surface area contributed by atoms with E-state index in [-0.39, 0.29) is 0 Å². The van der Waals surface area contributed by atoms with E-state index >= 15 is 0 Å². The van der Waals surface area contributed by atoms with Gasteiger partial charge in [-0.3, -0.25) is 9.67 Å². The van der Waals surface area contributed by atoms with Crippen LogP contribution >= 0.6 is 0 Å². The van der Waals surface area contributed by atoms with E-state index in [0.717, 1.165) is 27.9 Å². The molecule has 0 atom stereocenters. The molecule has 0 aliphatic rings. The molecule has 5 nitrogen and oxygen atoms in total. The Morgan fingerprint density at radius 2 is 1.67 bits per heavy atom. The van der Waals surface area contributed by atoms with Crippen LogP contribution in [0.5, 0.6) is 0 Å². The van der Waals surface area contributed by atoms with Crippen molar-refractivity contribution < 1.29 is 0 Å². The number of pyridine rings is 1. The zero-order valence-electron chi connectivity index (χ0n) is 12.9. The Bertz CT molecular complexity index is 932. The molecule has 0 aliphatic heterocycles. The highest BCUT2D eigenvalue weighted by Crippen LogP contribution is 2.24. The van der Waals surface area contributed by atoms with E-state index < -0.39 is 0 Å². The van der Waals surface area contributed by atoms with Crippen molar-refractivity contribution in [1.82, 2.24) is 24.7 Å². The number of hydrogen-bond acceptors (Lipinski definition) is 4. The minimum absolute atomic E-state index is 0.708. The summed E-state index contributed by atoms with van der Waals surface area (Å²) in [5.74, 6) is 0. The van der Waals surface area contributed by atoms with Gasteiger partial charge in [0, 0.05) is 42.1 Å². The molecule has 0 spiro atoms. The van der Waals surface area contributed by atoms with Crippen molar-refractivity contribution >= 4 is 0 Å². The van der Waals surface area contributed by atoms with Gasteiger partial charge < -0.3 is 0 Å². The molecular formula is C19H15N5. The molecule has 5 heteroatoms. The summed E-state index contributed by atoms with van der Waals surface area (Å²) < 4.78 is 1.92. The van der Waals surface area contributed by atoms with Crippen LogP contribution in [0.4, 0.5) is 0 Å². The number of benzene rings is 1. The van der Waals surface area contributed by atoms with Crippen LogP contribution in [0.3, 0.4) is 0 Å². The summed E-state index contributed by atoms with van der Waals surface area (Å²) in [7, 11) is 0. The smallest absolute Gasteiger partial charge is 0.115 e. The van der Waals surface area contributed by atoms with Crippen LogP contribution in [0.25, 0.3) is 22.4 Å². The molecule has 116 valence electrons. The van der Waals surface area contributed by atoms with E-state index in [1.54, 1.807) is 6.20 Å². The van der Waals surface area contributed by atoms with Crippen LogP contribution in [0.15, 0.2) is 79.8 Å². The molecule has 3 aromatic heterocycles. The fourth-order valence-corrected chi connectivity index (χ4v) is 2.59. The molecular weight excluding hydrogens is 298 g/mol. The zero-order valence-corrected chi connectivity index (χ0v) is 12.9. The van der Waals surface area contributed by atoms with Gasteiger partial charge in [-0.25, -0.2) is 9.97 Å². The van der Waals surface area contributed by atoms with E-state index in [2.05, 4.69) is 38.2 Å². The minimum Gasteiger partial charge on any atom is -0.268 e. The molecule has 1 aromatic carbocycles. The van der Waals surface area contributed by atoms with Crippen molar-refractivity contribution in [2.75, 3.05) is 0 Å². The molecule has 0 radical (unpaired) electrons. The number of aromatic nitrogens is 5. The quantitative estimate of drug-likeness (QED) is 0.579. The third-order valence-corrected chi connectivity index (χ3v) is 3.76. The maximum absolute atomic E-state index is 4.67. The fourth-order valence-electron chi connectivity index (χ4n) is 2.59. The molecule has 0 N–H and O–H groups in total. The first-order valence-corrected chi connectivity index (χ1v) is 7.67. The summed E-state index contributed by atoms with van der Waals surface area (Å²) in [5, 5.41) is 4.67. The molecule has 3 heterocycles. The molecule has 0 unspecified atom stereocenters. The molecule has 0 aliphatic carbocycles. The van der Waals surface area contributed by atoms with E-state index in [1.165, 1.54) is 6.33 Å². The SMILES string of the molecule is c1cncc(Cn2ccc(-c3cccc(-c4cncnc4)c3)n2)c1. The monoisotopic (exact) mass is 313 g/mol. The maximum atomic E-state index is 4.67. The molecule has 0 bridgehead atoms. The predicted octanol–water partition coefficient (Wildman–Crippen LogP) is 3.45. The van der Waals surface area contributed by atoms with Gasteiger partial charge in [-0.15, -0.1) is 0 Å². The van der Waals surface area contributed by atoms with Crippen molar-refractivity contribution in [3.05, 3.63) is 85.3 Å². The second kappa shape index (κ2) is 6.42. The summed E-state index contributed by atoms with van der Waals surface area (Å²) in [6.45, 7) is 0.708. The standard InChI is InChI=1S/C19H15N5/c1-4-16(18-11-21-14-22-12-18)9-17(5-1)19-6-8-24(23-19)13-15-3-2-7-20-10-15/h1-12,14H,13H2. The second-order valence-corrected chi connectivity index (χ2v) is 5.47. The van der Waals surface area contributed by atoms with Crippen molar-refractivity contribution in [3.63, 3.8) is 0 Å². The van der Waals surface area contributed by atoms with Gasteiger partial charge in [0.1, 0.15) is 6.33 Å². The topological polar surface area (TPSA) is 56.5 Å². The third-order valence-electron chi connectivity index (χ3n) is 3.76. The average molecular weight is 313 g/mol. The van der Waals surface area contributed by atoms with Gasteiger partial charge in [-0.05, 0) is 29.3 Å². The molecule has 4 rings (SSSR count). The first kappa shape index (κ1) is 14.3.